The van der Waals surface area contributed by atoms with Crippen molar-refractivity contribution in [2.24, 2.45) is 0 Å². The Labute approximate surface area is 114 Å². The molecule has 0 radical (unpaired) electrons. The van der Waals surface area contributed by atoms with Gasteiger partial charge in [0.25, 0.3) is 0 Å². The molecule has 1 saturated heterocycles. The Morgan fingerprint density at radius 1 is 1.21 bits per heavy atom. The number of rotatable bonds is 3. The summed E-state index contributed by atoms with van der Waals surface area (Å²) in [5, 5.41) is 18.3. The lowest BCUT2D eigenvalue weighted by atomic mass is 10.0. The van der Waals surface area contributed by atoms with E-state index in [4.69, 9.17) is 5.11 Å². The van der Waals surface area contributed by atoms with E-state index in [1.165, 1.54) is 18.4 Å². The van der Waals surface area contributed by atoms with E-state index in [2.05, 4.69) is 22.8 Å². The van der Waals surface area contributed by atoms with Crippen molar-refractivity contribution < 1.29 is 10.2 Å². The van der Waals surface area contributed by atoms with Crippen molar-refractivity contribution in [1.82, 2.24) is 4.90 Å². The second kappa shape index (κ2) is 7.30. The minimum atomic E-state index is -0.114. The highest BCUT2D eigenvalue weighted by atomic mass is 16.3. The van der Waals surface area contributed by atoms with Crippen LogP contribution in [0.15, 0.2) is 24.3 Å². The Kier molecular flexibility index (Phi) is 5.41. The molecule has 3 nitrogen and oxygen atoms in total. The van der Waals surface area contributed by atoms with Gasteiger partial charge in [0.05, 0.1) is 6.61 Å². The Bertz CT molecular complexity index is 461. The standard InChI is InChI=1S/C16H21NO2/c18-11-5-8-14-6-1-2-7-15(14)12-17-10-4-3-9-16(17)13-19/h1-2,6-7,16,18-19H,3-4,9-13H2. The van der Waals surface area contributed by atoms with Crippen LogP contribution >= 0.6 is 0 Å². The Hall–Kier alpha value is -1.34. The van der Waals surface area contributed by atoms with Gasteiger partial charge in [0.2, 0.25) is 0 Å². The third-order valence-corrected chi connectivity index (χ3v) is 3.65. The number of benzene rings is 1. The van der Waals surface area contributed by atoms with Crippen LogP contribution < -0.4 is 0 Å². The predicted molar refractivity (Wildman–Crippen MR) is 75.5 cm³/mol. The van der Waals surface area contributed by atoms with E-state index in [0.29, 0.717) is 0 Å². The second-order valence-electron chi connectivity index (χ2n) is 4.92. The monoisotopic (exact) mass is 259 g/mol. The number of nitrogens with zero attached hydrogens (tertiary/aromatic N) is 1. The first-order valence-electron chi connectivity index (χ1n) is 6.87. The van der Waals surface area contributed by atoms with E-state index in [9.17, 15) is 5.11 Å². The maximum absolute atomic E-state index is 9.45. The largest absolute Gasteiger partial charge is 0.395 e. The Morgan fingerprint density at radius 2 is 2.05 bits per heavy atom. The quantitative estimate of drug-likeness (QED) is 0.806. The molecular formula is C16H21NO2. The molecule has 3 heteroatoms. The van der Waals surface area contributed by atoms with Gasteiger partial charge in [-0.1, -0.05) is 36.5 Å². The Morgan fingerprint density at radius 3 is 2.84 bits per heavy atom. The average Bonchev–Trinajstić information content (AvgIpc) is 2.47. The smallest absolute Gasteiger partial charge is 0.104 e. The van der Waals surface area contributed by atoms with Crippen LogP contribution in [0.4, 0.5) is 0 Å². The molecule has 1 aromatic rings. The molecule has 0 aliphatic carbocycles. The van der Waals surface area contributed by atoms with Gasteiger partial charge in [0, 0.05) is 18.2 Å². The molecule has 0 amide bonds. The third-order valence-electron chi connectivity index (χ3n) is 3.65. The van der Waals surface area contributed by atoms with Gasteiger partial charge in [-0.2, -0.15) is 0 Å². The van der Waals surface area contributed by atoms with Crippen molar-refractivity contribution in [3.63, 3.8) is 0 Å². The first kappa shape index (κ1) is 14.1. The molecular weight excluding hydrogens is 238 g/mol. The third kappa shape index (κ3) is 3.81. The number of hydrogen-bond donors (Lipinski definition) is 2. The van der Waals surface area contributed by atoms with Crippen molar-refractivity contribution in [3.8, 4) is 11.8 Å². The highest BCUT2D eigenvalue weighted by molar-refractivity contribution is 5.41. The fourth-order valence-electron chi connectivity index (χ4n) is 2.61. The molecule has 1 heterocycles. The van der Waals surface area contributed by atoms with Gasteiger partial charge in [-0.05, 0) is 31.0 Å². The zero-order chi connectivity index (χ0) is 13.5. The summed E-state index contributed by atoms with van der Waals surface area (Å²) in [5.41, 5.74) is 2.14. The zero-order valence-electron chi connectivity index (χ0n) is 11.2. The average molecular weight is 259 g/mol. The van der Waals surface area contributed by atoms with Crippen LogP contribution in [-0.4, -0.2) is 40.9 Å². The lowest BCUT2D eigenvalue weighted by Gasteiger charge is -2.34. The minimum absolute atomic E-state index is 0.114. The Balaban J connectivity index is 2.13. The van der Waals surface area contributed by atoms with Crippen molar-refractivity contribution in [2.75, 3.05) is 19.8 Å². The topological polar surface area (TPSA) is 43.7 Å². The van der Waals surface area contributed by atoms with Gasteiger partial charge in [-0.3, -0.25) is 4.90 Å². The highest BCUT2D eigenvalue weighted by Crippen LogP contribution is 2.20. The molecule has 0 spiro atoms. The van der Waals surface area contributed by atoms with Gasteiger partial charge in [0.15, 0.2) is 0 Å². The van der Waals surface area contributed by atoms with E-state index in [1.807, 2.05) is 18.2 Å². The van der Waals surface area contributed by atoms with E-state index < -0.39 is 0 Å². The maximum Gasteiger partial charge on any atom is 0.104 e. The second-order valence-corrected chi connectivity index (χ2v) is 4.92. The van der Waals surface area contributed by atoms with Crippen LogP contribution in [0, 0.1) is 11.8 Å². The molecule has 1 aliphatic rings. The van der Waals surface area contributed by atoms with E-state index in [1.54, 1.807) is 0 Å². The molecule has 1 fully saturated rings. The summed E-state index contributed by atoms with van der Waals surface area (Å²) in [6.07, 6.45) is 3.47. The van der Waals surface area contributed by atoms with Crippen molar-refractivity contribution in [1.29, 1.82) is 0 Å². The molecule has 1 aromatic carbocycles. The van der Waals surface area contributed by atoms with Crippen LogP contribution in [0.3, 0.4) is 0 Å². The van der Waals surface area contributed by atoms with Crippen LogP contribution in [0.2, 0.25) is 0 Å². The summed E-state index contributed by atoms with van der Waals surface area (Å²) in [7, 11) is 0. The molecule has 2 N–H and O–H groups in total. The summed E-state index contributed by atoms with van der Waals surface area (Å²) >= 11 is 0. The van der Waals surface area contributed by atoms with E-state index in [-0.39, 0.29) is 19.3 Å². The van der Waals surface area contributed by atoms with E-state index >= 15 is 0 Å². The summed E-state index contributed by atoms with van der Waals surface area (Å²) in [6.45, 7) is 1.97. The summed E-state index contributed by atoms with van der Waals surface area (Å²) < 4.78 is 0. The van der Waals surface area contributed by atoms with Crippen LogP contribution in [0.5, 0.6) is 0 Å². The van der Waals surface area contributed by atoms with Crippen molar-refractivity contribution in [3.05, 3.63) is 35.4 Å². The molecule has 2 rings (SSSR count). The van der Waals surface area contributed by atoms with Crippen molar-refractivity contribution >= 4 is 0 Å². The maximum atomic E-state index is 9.45. The fourth-order valence-corrected chi connectivity index (χ4v) is 2.61. The molecule has 19 heavy (non-hydrogen) atoms. The van der Waals surface area contributed by atoms with Gasteiger partial charge < -0.3 is 10.2 Å². The van der Waals surface area contributed by atoms with Crippen LogP contribution in [-0.2, 0) is 6.54 Å². The number of aliphatic hydroxyl groups is 2. The molecule has 0 saturated carbocycles. The SMILES string of the molecule is OCC#Cc1ccccc1CN1CCCCC1CO. The van der Waals surface area contributed by atoms with Gasteiger partial charge >= 0.3 is 0 Å². The highest BCUT2D eigenvalue weighted by Gasteiger charge is 2.21. The molecule has 1 atom stereocenters. The fraction of sp³-hybridized carbons (Fsp3) is 0.500. The predicted octanol–water partition coefficient (Wildman–Crippen LogP) is 1.38. The lowest BCUT2D eigenvalue weighted by molar-refractivity contribution is 0.0840. The number of aliphatic hydroxyl groups excluding tert-OH is 2. The molecule has 0 aromatic heterocycles. The van der Waals surface area contributed by atoms with Gasteiger partial charge in [0.1, 0.15) is 6.61 Å². The first-order chi connectivity index (χ1) is 9.35. The molecule has 1 aliphatic heterocycles. The minimum Gasteiger partial charge on any atom is -0.395 e. The first-order valence-corrected chi connectivity index (χ1v) is 6.87. The van der Waals surface area contributed by atoms with Gasteiger partial charge in [-0.25, -0.2) is 0 Å². The molecule has 0 bridgehead atoms. The normalized spacial score (nSPS) is 19.8. The number of likely N-dealkylation sites (tertiary alicyclic amines) is 1. The number of piperidine rings is 1. The zero-order valence-corrected chi connectivity index (χ0v) is 11.2. The number of hydrogen-bond acceptors (Lipinski definition) is 3. The van der Waals surface area contributed by atoms with Gasteiger partial charge in [-0.15, -0.1) is 0 Å². The summed E-state index contributed by atoms with van der Waals surface area (Å²) in [4.78, 5) is 2.34. The lowest BCUT2D eigenvalue weighted by Crippen LogP contribution is -2.41. The summed E-state index contributed by atoms with van der Waals surface area (Å²) in [6, 6.07) is 8.30. The van der Waals surface area contributed by atoms with Crippen molar-refractivity contribution in [2.45, 2.75) is 31.8 Å². The summed E-state index contributed by atoms with van der Waals surface area (Å²) in [5.74, 6) is 5.70. The molecule has 102 valence electrons. The van der Waals surface area contributed by atoms with Crippen LogP contribution in [0.25, 0.3) is 0 Å². The molecule has 1 unspecified atom stereocenters. The van der Waals surface area contributed by atoms with Crippen LogP contribution in [0.1, 0.15) is 30.4 Å². The van der Waals surface area contributed by atoms with E-state index in [0.717, 1.165) is 25.1 Å².